The van der Waals surface area contributed by atoms with Gasteiger partial charge in [0.05, 0.1) is 18.1 Å². The highest BCUT2D eigenvalue weighted by Crippen LogP contribution is 2.28. The topological polar surface area (TPSA) is 29.9 Å². The Morgan fingerprint density at radius 2 is 1.95 bits per heavy atom. The third kappa shape index (κ3) is 1.98. The van der Waals surface area contributed by atoms with E-state index in [4.69, 9.17) is 17.0 Å². The van der Waals surface area contributed by atoms with Gasteiger partial charge in [-0.3, -0.25) is 4.57 Å². The minimum absolute atomic E-state index is 0.719. The summed E-state index contributed by atoms with van der Waals surface area (Å²) >= 11 is 5.51. The molecule has 0 saturated heterocycles. The van der Waals surface area contributed by atoms with Crippen LogP contribution in [0.4, 0.5) is 0 Å². The van der Waals surface area contributed by atoms with Crippen molar-refractivity contribution < 1.29 is 4.74 Å². The molecular formula is C17H16N2OS. The zero-order valence-corrected chi connectivity index (χ0v) is 12.7. The van der Waals surface area contributed by atoms with Gasteiger partial charge in [-0.25, -0.2) is 0 Å². The van der Waals surface area contributed by atoms with Crippen LogP contribution in [-0.4, -0.2) is 16.7 Å². The van der Waals surface area contributed by atoms with Crippen molar-refractivity contribution in [3.05, 3.63) is 52.3 Å². The first-order valence-corrected chi connectivity index (χ1v) is 7.58. The van der Waals surface area contributed by atoms with Gasteiger partial charge >= 0.3 is 0 Å². The summed E-state index contributed by atoms with van der Waals surface area (Å²) in [5, 5.41) is 0. The van der Waals surface area contributed by atoms with Crippen LogP contribution in [0.15, 0.2) is 36.4 Å². The van der Waals surface area contributed by atoms with E-state index >= 15 is 0 Å². The molecule has 21 heavy (non-hydrogen) atoms. The second-order valence-corrected chi connectivity index (χ2v) is 5.84. The van der Waals surface area contributed by atoms with Crippen molar-refractivity contribution >= 4 is 23.3 Å². The molecule has 0 aliphatic heterocycles. The molecule has 3 nitrogen and oxygen atoms in total. The first-order chi connectivity index (χ1) is 10.3. The van der Waals surface area contributed by atoms with Gasteiger partial charge in [-0.2, -0.15) is 0 Å². The summed E-state index contributed by atoms with van der Waals surface area (Å²) in [6, 6.07) is 12.7. The molecule has 0 spiro atoms. The number of aryl methyl sites for hydroxylation is 2. The molecule has 0 unspecified atom stereocenters. The predicted molar refractivity (Wildman–Crippen MR) is 87.0 cm³/mol. The van der Waals surface area contributed by atoms with Crippen LogP contribution in [0.2, 0.25) is 0 Å². The third-order valence-electron chi connectivity index (χ3n) is 4.23. The van der Waals surface area contributed by atoms with E-state index in [2.05, 4.69) is 27.8 Å². The molecule has 4 rings (SSSR count). The molecule has 0 radical (unpaired) electrons. The highest BCUT2D eigenvalue weighted by Gasteiger charge is 2.13. The van der Waals surface area contributed by atoms with Crippen LogP contribution in [0.5, 0.6) is 5.75 Å². The average Bonchev–Trinajstić information content (AvgIpc) is 3.08. The second-order valence-electron chi connectivity index (χ2n) is 5.46. The van der Waals surface area contributed by atoms with Crippen molar-refractivity contribution in [1.82, 2.24) is 9.55 Å². The first kappa shape index (κ1) is 12.7. The first-order valence-electron chi connectivity index (χ1n) is 7.17. The zero-order valence-electron chi connectivity index (χ0n) is 11.8. The number of hydrogen-bond donors (Lipinski definition) is 1. The lowest BCUT2D eigenvalue weighted by Crippen LogP contribution is -1.96. The summed E-state index contributed by atoms with van der Waals surface area (Å²) in [6.45, 7) is 0. The van der Waals surface area contributed by atoms with E-state index in [1.54, 1.807) is 7.11 Å². The van der Waals surface area contributed by atoms with E-state index in [0.29, 0.717) is 0 Å². The van der Waals surface area contributed by atoms with Gasteiger partial charge in [0.1, 0.15) is 5.75 Å². The number of H-pyrrole nitrogens is 1. The maximum Gasteiger partial charge on any atom is 0.182 e. The largest absolute Gasteiger partial charge is 0.497 e. The van der Waals surface area contributed by atoms with Gasteiger partial charge in [0.2, 0.25) is 0 Å². The van der Waals surface area contributed by atoms with E-state index in [1.807, 2.05) is 18.2 Å². The summed E-state index contributed by atoms with van der Waals surface area (Å²) in [5.41, 5.74) is 6.15. The van der Waals surface area contributed by atoms with E-state index in [9.17, 15) is 0 Å². The van der Waals surface area contributed by atoms with Gasteiger partial charge in [0.25, 0.3) is 0 Å². The Morgan fingerprint density at radius 1 is 1.10 bits per heavy atom. The fourth-order valence-corrected chi connectivity index (χ4v) is 3.49. The molecule has 106 valence electrons. The molecule has 0 bridgehead atoms. The lowest BCUT2D eigenvalue weighted by molar-refractivity contribution is 0.415. The minimum Gasteiger partial charge on any atom is -0.497 e. The molecule has 1 heterocycles. The van der Waals surface area contributed by atoms with Crippen molar-refractivity contribution in [3.63, 3.8) is 0 Å². The van der Waals surface area contributed by atoms with Crippen LogP contribution in [0.1, 0.15) is 17.5 Å². The molecule has 1 aliphatic rings. The van der Waals surface area contributed by atoms with Gasteiger partial charge in [0, 0.05) is 11.8 Å². The number of nitrogens with zero attached hydrogens (tertiary/aromatic N) is 1. The van der Waals surface area contributed by atoms with Gasteiger partial charge in [0.15, 0.2) is 4.77 Å². The third-order valence-corrected chi connectivity index (χ3v) is 4.51. The Morgan fingerprint density at radius 3 is 2.81 bits per heavy atom. The van der Waals surface area contributed by atoms with Crippen molar-refractivity contribution in [2.75, 3.05) is 7.11 Å². The zero-order chi connectivity index (χ0) is 14.4. The van der Waals surface area contributed by atoms with Crippen molar-refractivity contribution in [2.45, 2.75) is 19.3 Å². The summed E-state index contributed by atoms with van der Waals surface area (Å²) < 4.78 is 8.09. The predicted octanol–water partition coefficient (Wildman–Crippen LogP) is 4.19. The summed E-state index contributed by atoms with van der Waals surface area (Å²) in [4.78, 5) is 3.27. The minimum atomic E-state index is 0.719. The normalized spacial score (nSPS) is 13.6. The van der Waals surface area contributed by atoms with Crippen LogP contribution >= 0.6 is 12.2 Å². The van der Waals surface area contributed by atoms with E-state index in [1.165, 1.54) is 30.4 Å². The molecule has 0 saturated carbocycles. The summed E-state index contributed by atoms with van der Waals surface area (Å²) in [7, 11) is 1.67. The number of imidazole rings is 1. The number of nitrogens with one attached hydrogen (secondary N) is 1. The van der Waals surface area contributed by atoms with Gasteiger partial charge in [-0.15, -0.1) is 0 Å². The van der Waals surface area contributed by atoms with Crippen LogP contribution in [0, 0.1) is 4.77 Å². The Labute approximate surface area is 128 Å². The van der Waals surface area contributed by atoms with Crippen molar-refractivity contribution in [3.8, 4) is 11.4 Å². The molecule has 1 aromatic heterocycles. The number of hydrogen-bond acceptors (Lipinski definition) is 2. The van der Waals surface area contributed by atoms with Crippen LogP contribution in [0.25, 0.3) is 16.7 Å². The molecule has 0 fully saturated rings. The maximum absolute atomic E-state index is 5.51. The molecule has 1 N–H and O–H groups in total. The quantitative estimate of drug-likeness (QED) is 0.719. The molecule has 2 aromatic carbocycles. The fourth-order valence-electron chi connectivity index (χ4n) is 3.17. The Hall–Kier alpha value is -2.07. The van der Waals surface area contributed by atoms with Gasteiger partial charge < -0.3 is 9.72 Å². The SMILES string of the molecule is COc1ccc2c(c1)[nH]c(=S)n2-c1ccc2c(c1)CCC2. The van der Waals surface area contributed by atoms with E-state index < -0.39 is 0 Å². The molecule has 4 heteroatoms. The fraction of sp³-hybridized carbons (Fsp3) is 0.235. The number of rotatable bonds is 2. The standard InChI is InChI=1S/C17H16N2OS/c1-20-14-7-8-16-15(10-14)18-17(21)19(16)13-6-5-11-3-2-4-12(11)9-13/h5-10H,2-4H2,1H3,(H,18,21). The van der Waals surface area contributed by atoms with Gasteiger partial charge in [-0.05, 0) is 66.9 Å². The molecule has 3 aromatic rings. The Bertz CT molecular complexity index is 891. The molecule has 1 aliphatic carbocycles. The van der Waals surface area contributed by atoms with E-state index in [-0.39, 0.29) is 0 Å². The Balaban J connectivity index is 1.94. The van der Waals surface area contributed by atoms with Gasteiger partial charge in [-0.1, -0.05) is 6.07 Å². The Kier molecular flexibility index (Phi) is 2.86. The smallest absolute Gasteiger partial charge is 0.182 e. The summed E-state index contributed by atoms with van der Waals surface area (Å²) in [6.07, 6.45) is 3.63. The van der Waals surface area contributed by atoms with E-state index in [0.717, 1.165) is 27.2 Å². The highest BCUT2D eigenvalue weighted by molar-refractivity contribution is 7.71. The number of ether oxygens (including phenoxy) is 1. The lowest BCUT2D eigenvalue weighted by Gasteiger charge is -2.08. The lowest BCUT2D eigenvalue weighted by atomic mass is 10.1. The average molecular weight is 296 g/mol. The van der Waals surface area contributed by atoms with Crippen LogP contribution in [-0.2, 0) is 12.8 Å². The van der Waals surface area contributed by atoms with Crippen LogP contribution in [0.3, 0.4) is 0 Å². The number of methoxy groups -OCH3 is 1. The summed E-state index contributed by atoms with van der Waals surface area (Å²) in [5.74, 6) is 0.833. The van der Waals surface area contributed by atoms with Crippen molar-refractivity contribution in [1.29, 1.82) is 0 Å². The highest BCUT2D eigenvalue weighted by atomic mass is 32.1. The monoisotopic (exact) mass is 296 g/mol. The van der Waals surface area contributed by atoms with Crippen molar-refractivity contribution in [2.24, 2.45) is 0 Å². The second kappa shape index (κ2) is 4.74. The maximum atomic E-state index is 5.51. The molecule has 0 atom stereocenters. The van der Waals surface area contributed by atoms with Crippen LogP contribution < -0.4 is 4.74 Å². The number of aromatic nitrogens is 2. The molecular weight excluding hydrogens is 280 g/mol. The number of aromatic amines is 1. The number of fused-ring (bicyclic) bond motifs is 2. The number of benzene rings is 2. The molecule has 0 amide bonds.